The number of amides is 1. The summed E-state index contributed by atoms with van der Waals surface area (Å²) >= 11 is 3.24. The highest BCUT2D eigenvalue weighted by molar-refractivity contribution is 9.10. The molecule has 0 bridgehead atoms. The van der Waals surface area contributed by atoms with Gasteiger partial charge in [-0.1, -0.05) is 28.9 Å². The van der Waals surface area contributed by atoms with Crippen molar-refractivity contribution in [3.05, 3.63) is 58.1 Å². The predicted molar refractivity (Wildman–Crippen MR) is 80.0 cm³/mol. The Kier molecular flexibility index (Phi) is 4.60. The Morgan fingerprint density at radius 1 is 1.45 bits per heavy atom. The SMILES string of the molecule is CCC(c1ccc(Br)cc1F)N(C)C(=O)c1ccc[nH]1. The smallest absolute Gasteiger partial charge is 0.270 e. The number of hydrogen-bond acceptors (Lipinski definition) is 1. The molecule has 1 amide bonds. The summed E-state index contributed by atoms with van der Waals surface area (Å²) in [5.74, 6) is -0.457. The predicted octanol–water partition coefficient (Wildman–Crippen LogP) is 4.14. The van der Waals surface area contributed by atoms with Gasteiger partial charge in [0.05, 0.1) is 6.04 Å². The van der Waals surface area contributed by atoms with Crippen LogP contribution in [0, 0.1) is 5.82 Å². The van der Waals surface area contributed by atoms with Crippen molar-refractivity contribution >= 4 is 21.8 Å². The van der Waals surface area contributed by atoms with Gasteiger partial charge >= 0.3 is 0 Å². The maximum Gasteiger partial charge on any atom is 0.270 e. The summed E-state index contributed by atoms with van der Waals surface area (Å²) < 4.78 is 14.8. The summed E-state index contributed by atoms with van der Waals surface area (Å²) in [5.41, 5.74) is 1.03. The van der Waals surface area contributed by atoms with Crippen LogP contribution in [0.1, 0.15) is 35.4 Å². The monoisotopic (exact) mass is 338 g/mol. The summed E-state index contributed by atoms with van der Waals surface area (Å²) in [6.45, 7) is 1.94. The van der Waals surface area contributed by atoms with Crippen molar-refractivity contribution < 1.29 is 9.18 Å². The molecule has 20 heavy (non-hydrogen) atoms. The van der Waals surface area contributed by atoms with Gasteiger partial charge in [0.1, 0.15) is 11.5 Å². The van der Waals surface area contributed by atoms with Gasteiger partial charge in [0, 0.05) is 23.3 Å². The maximum absolute atomic E-state index is 14.1. The molecule has 0 fully saturated rings. The van der Waals surface area contributed by atoms with Gasteiger partial charge < -0.3 is 9.88 Å². The minimum Gasteiger partial charge on any atom is -0.357 e. The summed E-state index contributed by atoms with van der Waals surface area (Å²) in [7, 11) is 1.69. The molecule has 1 atom stereocenters. The zero-order valence-corrected chi connectivity index (χ0v) is 12.9. The van der Waals surface area contributed by atoms with Crippen LogP contribution in [0.4, 0.5) is 4.39 Å². The highest BCUT2D eigenvalue weighted by Crippen LogP contribution is 2.28. The molecule has 2 rings (SSSR count). The van der Waals surface area contributed by atoms with E-state index in [9.17, 15) is 9.18 Å². The first-order chi connectivity index (χ1) is 9.54. The summed E-state index contributed by atoms with van der Waals surface area (Å²) in [5, 5.41) is 0. The average Bonchev–Trinajstić information content (AvgIpc) is 2.94. The fraction of sp³-hybridized carbons (Fsp3) is 0.267. The lowest BCUT2D eigenvalue weighted by molar-refractivity contribution is 0.0718. The van der Waals surface area contributed by atoms with Crippen LogP contribution < -0.4 is 0 Å². The van der Waals surface area contributed by atoms with Crippen molar-refractivity contribution in [3.63, 3.8) is 0 Å². The number of nitrogens with zero attached hydrogens (tertiary/aromatic N) is 1. The Labute approximate surface area is 125 Å². The Morgan fingerprint density at radius 3 is 2.75 bits per heavy atom. The van der Waals surface area contributed by atoms with Crippen molar-refractivity contribution in [3.8, 4) is 0 Å². The molecule has 2 aromatic rings. The molecule has 0 spiro atoms. The van der Waals surface area contributed by atoms with E-state index in [1.807, 2.05) is 6.92 Å². The first-order valence-corrected chi connectivity index (χ1v) is 7.19. The Morgan fingerprint density at radius 2 is 2.20 bits per heavy atom. The van der Waals surface area contributed by atoms with Crippen molar-refractivity contribution in [2.45, 2.75) is 19.4 Å². The van der Waals surface area contributed by atoms with Gasteiger partial charge in [-0.2, -0.15) is 0 Å². The van der Waals surface area contributed by atoms with Crippen LogP contribution in [0.25, 0.3) is 0 Å². The molecule has 1 N–H and O–H groups in total. The number of aromatic amines is 1. The number of carbonyl (C=O) groups excluding carboxylic acids is 1. The second-order valence-electron chi connectivity index (χ2n) is 4.59. The second-order valence-corrected chi connectivity index (χ2v) is 5.51. The summed E-state index contributed by atoms with van der Waals surface area (Å²) in [6.07, 6.45) is 2.34. The van der Waals surface area contributed by atoms with E-state index in [0.717, 1.165) is 0 Å². The average molecular weight is 339 g/mol. The molecule has 0 saturated carbocycles. The van der Waals surface area contributed by atoms with E-state index in [0.29, 0.717) is 22.2 Å². The zero-order chi connectivity index (χ0) is 14.7. The highest BCUT2D eigenvalue weighted by atomic mass is 79.9. The molecule has 0 saturated heterocycles. The van der Waals surface area contributed by atoms with E-state index in [1.54, 1.807) is 42.4 Å². The van der Waals surface area contributed by atoms with Crippen molar-refractivity contribution in [2.24, 2.45) is 0 Å². The van der Waals surface area contributed by atoms with Crippen molar-refractivity contribution in [1.29, 1.82) is 0 Å². The summed E-state index contributed by atoms with van der Waals surface area (Å²) in [4.78, 5) is 16.8. The van der Waals surface area contributed by atoms with Gasteiger partial charge in [0.25, 0.3) is 5.91 Å². The lowest BCUT2D eigenvalue weighted by atomic mass is 10.0. The van der Waals surface area contributed by atoms with E-state index < -0.39 is 0 Å². The first-order valence-electron chi connectivity index (χ1n) is 6.40. The number of hydrogen-bond donors (Lipinski definition) is 1. The van der Waals surface area contributed by atoms with E-state index in [4.69, 9.17) is 0 Å². The van der Waals surface area contributed by atoms with Gasteiger partial charge in [-0.15, -0.1) is 0 Å². The largest absolute Gasteiger partial charge is 0.357 e. The molecule has 1 aromatic carbocycles. The number of nitrogens with one attached hydrogen (secondary N) is 1. The molecule has 1 unspecified atom stereocenters. The molecule has 5 heteroatoms. The van der Waals surface area contributed by atoms with Gasteiger partial charge in [0.2, 0.25) is 0 Å². The fourth-order valence-electron chi connectivity index (χ4n) is 2.27. The number of halogens is 2. The fourth-order valence-corrected chi connectivity index (χ4v) is 2.60. The van der Waals surface area contributed by atoms with Crippen molar-refractivity contribution in [1.82, 2.24) is 9.88 Å². The molecular formula is C15H16BrFN2O. The minimum absolute atomic E-state index is 0.149. The summed E-state index contributed by atoms with van der Waals surface area (Å²) in [6, 6.07) is 8.11. The highest BCUT2D eigenvalue weighted by Gasteiger charge is 2.24. The van der Waals surface area contributed by atoms with Gasteiger partial charge in [-0.25, -0.2) is 4.39 Å². The topological polar surface area (TPSA) is 36.1 Å². The molecule has 0 aliphatic heterocycles. The van der Waals surface area contributed by atoms with Crippen LogP contribution in [-0.2, 0) is 0 Å². The molecular weight excluding hydrogens is 323 g/mol. The first kappa shape index (κ1) is 14.8. The third kappa shape index (κ3) is 2.93. The Bertz CT molecular complexity index is 598. The number of carbonyl (C=O) groups is 1. The van der Waals surface area contributed by atoms with Gasteiger partial charge in [-0.05, 0) is 30.7 Å². The van der Waals surface area contributed by atoms with E-state index in [2.05, 4.69) is 20.9 Å². The molecule has 3 nitrogen and oxygen atoms in total. The third-order valence-corrected chi connectivity index (χ3v) is 3.82. The van der Waals surface area contributed by atoms with Crippen LogP contribution in [-0.4, -0.2) is 22.8 Å². The second kappa shape index (κ2) is 6.22. The van der Waals surface area contributed by atoms with Crippen LogP contribution in [0.2, 0.25) is 0 Å². The molecule has 1 heterocycles. The maximum atomic E-state index is 14.1. The minimum atomic E-state index is -0.308. The molecule has 1 aromatic heterocycles. The third-order valence-electron chi connectivity index (χ3n) is 3.32. The molecule has 106 valence electrons. The zero-order valence-electron chi connectivity index (χ0n) is 11.4. The van der Waals surface area contributed by atoms with Gasteiger partial charge in [0.15, 0.2) is 0 Å². The number of benzene rings is 1. The van der Waals surface area contributed by atoms with Crippen LogP contribution in [0.15, 0.2) is 41.0 Å². The van der Waals surface area contributed by atoms with Gasteiger partial charge in [-0.3, -0.25) is 4.79 Å². The molecule has 0 aliphatic rings. The van der Waals surface area contributed by atoms with E-state index >= 15 is 0 Å². The number of H-pyrrole nitrogens is 1. The van der Waals surface area contributed by atoms with E-state index in [-0.39, 0.29) is 17.8 Å². The quantitative estimate of drug-likeness (QED) is 0.893. The van der Waals surface area contributed by atoms with Crippen LogP contribution in [0.3, 0.4) is 0 Å². The molecule has 0 aliphatic carbocycles. The van der Waals surface area contributed by atoms with E-state index in [1.165, 1.54) is 6.07 Å². The number of aromatic nitrogens is 1. The normalized spacial score (nSPS) is 12.2. The Balaban J connectivity index is 2.30. The lowest BCUT2D eigenvalue weighted by Crippen LogP contribution is -2.31. The standard InChI is InChI=1S/C15H16BrFN2O/c1-3-14(11-7-6-10(16)9-12(11)17)19(2)15(20)13-5-4-8-18-13/h4-9,14,18H,3H2,1-2H3. The lowest BCUT2D eigenvalue weighted by Gasteiger charge is -2.27. The van der Waals surface area contributed by atoms with Crippen LogP contribution >= 0.6 is 15.9 Å². The van der Waals surface area contributed by atoms with Crippen LogP contribution in [0.5, 0.6) is 0 Å². The Hall–Kier alpha value is -1.62. The van der Waals surface area contributed by atoms with Crippen molar-refractivity contribution in [2.75, 3.05) is 7.05 Å². The number of rotatable bonds is 4. The molecule has 0 radical (unpaired) electrons.